The lowest BCUT2D eigenvalue weighted by molar-refractivity contribution is -0.142. The van der Waals surface area contributed by atoms with E-state index in [1.54, 1.807) is 6.07 Å². The number of halogens is 1. The van der Waals surface area contributed by atoms with Crippen LogP contribution < -0.4 is 0 Å². The van der Waals surface area contributed by atoms with Crippen molar-refractivity contribution in [2.75, 3.05) is 7.11 Å². The van der Waals surface area contributed by atoms with Crippen LogP contribution in [0.2, 0.25) is 0 Å². The first kappa shape index (κ1) is 12.1. The van der Waals surface area contributed by atoms with Crippen molar-refractivity contribution >= 4 is 5.97 Å². The molecule has 92 valence electrons. The average Bonchev–Trinajstić information content (AvgIpc) is 3.06. The van der Waals surface area contributed by atoms with Crippen LogP contribution in [-0.4, -0.2) is 13.1 Å². The summed E-state index contributed by atoms with van der Waals surface area (Å²) < 4.78 is 18.2. The molecule has 0 N–H and O–H groups in total. The van der Waals surface area contributed by atoms with Crippen LogP contribution in [0, 0.1) is 24.6 Å². The van der Waals surface area contributed by atoms with Crippen molar-refractivity contribution in [3.63, 3.8) is 0 Å². The lowest BCUT2D eigenvalue weighted by Crippen LogP contribution is -2.04. The molecule has 0 aromatic heterocycles. The topological polar surface area (TPSA) is 26.3 Å². The third kappa shape index (κ3) is 2.84. The number of rotatable bonds is 4. The van der Waals surface area contributed by atoms with Gasteiger partial charge in [0.05, 0.1) is 13.0 Å². The summed E-state index contributed by atoms with van der Waals surface area (Å²) in [6.07, 6.45) is 2.45. The van der Waals surface area contributed by atoms with Gasteiger partial charge in [-0.25, -0.2) is 4.39 Å². The van der Waals surface area contributed by atoms with Gasteiger partial charge >= 0.3 is 5.97 Å². The van der Waals surface area contributed by atoms with E-state index < -0.39 is 0 Å². The van der Waals surface area contributed by atoms with Gasteiger partial charge in [-0.2, -0.15) is 0 Å². The first-order valence-electron chi connectivity index (χ1n) is 5.94. The summed E-state index contributed by atoms with van der Waals surface area (Å²) >= 11 is 0. The van der Waals surface area contributed by atoms with Crippen molar-refractivity contribution in [3.8, 4) is 0 Å². The van der Waals surface area contributed by atoms with Crippen LogP contribution in [-0.2, 0) is 16.0 Å². The Labute approximate surface area is 101 Å². The Balaban J connectivity index is 1.85. The van der Waals surface area contributed by atoms with Gasteiger partial charge in [0.1, 0.15) is 5.82 Å². The number of ether oxygens (including phenoxy) is 1. The number of hydrogen-bond acceptors (Lipinski definition) is 2. The molecule has 0 spiro atoms. The van der Waals surface area contributed by atoms with Crippen LogP contribution in [0.25, 0.3) is 0 Å². The zero-order valence-electron chi connectivity index (χ0n) is 10.2. The SMILES string of the molecule is COC(=O)C1CC1CCc1ccc(C)cc1F. The van der Waals surface area contributed by atoms with E-state index in [1.807, 2.05) is 19.1 Å². The maximum absolute atomic E-state index is 13.6. The fraction of sp³-hybridized carbons (Fsp3) is 0.500. The Morgan fingerprint density at radius 3 is 2.94 bits per heavy atom. The molecular weight excluding hydrogens is 219 g/mol. The van der Waals surface area contributed by atoms with Crippen LogP contribution in [0.3, 0.4) is 0 Å². The van der Waals surface area contributed by atoms with E-state index in [9.17, 15) is 9.18 Å². The fourth-order valence-electron chi connectivity index (χ4n) is 2.20. The predicted molar refractivity (Wildman–Crippen MR) is 63.1 cm³/mol. The Kier molecular flexibility index (Phi) is 3.46. The Bertz CT molecular complexity index is 428. The number of carbonyl (C=O) groups excluding carboxylic acids is 1. The van der Waals surface area contributed by atoms with Crippen LogP contribution in [0.1, 0.15) is 24.0 Å². The summed E-state index contributed by atoms with van der Waals surface area (Å²) in [5, 5.41) is 0. The van der Waals surface area contributed by atoms with Crippen LogP contribution in [0.5, 0.6) is 0 Å². The van der Waals surface area contributed by atoms with Crippen molar-refractivity contribution in [1.29, 1.82) is 0 Å². The van der Waals surface area contributed by atoms with E-state index in [0.29, 0.717) is 12.3 Å². The van der Waals surface area contributed by atoms with Gasteiger partial charge in [0.25, 0.3) is 0 Å². The first-order valence-corrected chi connectivity index (χ1v) is 5.94. The molecule has 2 rings (SSSR count). The van der Waals surface area contributed by atoms with Gasteiger partial charge < -0.3 is 4.74 Å². The first-order chi connectivity index (χ1) is 8.11. The smallest absolute Gasteiger partial charge is 0.308 e. The zero-order valence-corrected chi connectivity index (χ0v) is 10.2. The Morgan fingerprint density at radius 1 is 1.53 bits per heavy atom. The van der Waals surface area contributed by atoms with E-state index in [1.165, 1.54) is 7.11 Å². The number of esters is 1. The molecule has 2 unspecified atom stereocenters. The summed E-state index contributed by atoms with van der Waals surface area (Å²) in [6, 6.07) is 5.31. The molecule has 2 atom stereocenters. The predicted octanol–water partition coefficient (Wildman–Crippen LogP) is 2.88. The minimum absolute atomic E-state index is 0.0495. The molecule has 0 radical (unpaired) electrons. The van der Waals surface area contributed by atoms with Crippen molar-refractivity contribution < 1.29 is 13.9 Å². The summed E-state index contributed by atoms with van der Waals surface area (Å²) in [5.74, 6) is 0.163. The highest BCUT2D eigenvalue weighted by molar-refractivity contribution is 5.75. The lowest BCUT2D eigenvalue weighted by Gasteiger charge is -2.04. The summed E-state index contributed by atoms with van der Waals surface area (Å²) in [5.41, 5.74) is 1.68. The normalized spacial score (nSPS) is 22.3. The fourth-order valence-corrected chi connectivity index (χ4v) is 2.20. The molecule has 1 aliphatic rings. The molecule has 17 heavy (non-hydrogen) atoms. The largest absolute Gasteiger partial charge is 0.469 e. The highest BCUT2D eigenvalue weighted by Crippen LogP contribution is 2.42. The molecule has 0 bridgehead atoms. The van der Waals surface area contributed by atoms with Crippen molar-refractivity contribution in [2.24, 2.45) is 11.8 Å². The van der Waals surface area contributed by atoms with Gasteiger partial charge in [-0.05, 0) is 49.3 Å². The zero-order chi connectivity index (χ0) is 12.4. The summed E-state index contributed by atoms with van der Waals surface area (Å²) in [4.78, 5) is 11.2. The second-order valence-electron chi connectivity index (χ2n) is 4.76. The van der Waals surface area contributed by atoms with E-state index >= 15 is 0 Å². The number of methoxy groups -OCH3 is 1. The van der Waals surface area contributed by atoms with Gasteiger partial charge in [-0.15, -0.1) is 0 Å². The lowest BCUT2D eigenvalue weighted by atomic mass is 10.0. The molecule has 1 fully saturated rings. The summed E-state index contributed by atoms with van der Waals surface area (Å²) in [7, 11) is 1.41. The molecule has 1 aromatic carbocycles. The highest BCUT2D eigenvalue weighted by Gasteiger charge is 2.43. The standard InChI is InChI=1S/C14H17FO2/c1-9-3-4-10(13(15)7-9)5-6-11-8-12(11)14(16)17-2/h3-4,7,11-12H,5-6,8H2,1-2H3. The number of hydrogen-bond donors (Lipinski definition) is 0. The summed E-state index contributed by atoms with van der Waals surface area (Å²) in [6.45, 7) is 1.88. The maximum atomic E-state index is 13.6. The molecule has 3 heteroatoms. The third-order valence-electron chi connectivity index (χ3n) is 3.42. The van der Waals surface area contributed by atoms with Gasteiger partial charge in [-0.1, -0.05) is 12.1 Å². The molecule has 1 aromatic rings. The van der Waals surface area contributed by atoms with E-state index in [2.05, 4.69) is 4.74 Å². The van der Waals surface area contributed by atoms with Gasteiger partial charge in [0.2, 0.25) is 0 Å². The number of benzene rings is 1. The van der Waals surface area contributed by atoms with E-state index in [-0.39, 0.29) is 17.7 Å². The molecule has 0 amide bonds. The van der Waals surface area contributed by atoms with Crippen molar-refractivity contribution in [2.45, 2.75) is 26.2 Å². The second kappa shape index (κ2) is 4.86. The van der Waals surface area contributed by atoms with Crippen LogP contribution in [0.4, 0.5) is 4.39 Å². The van der Waals surface area contributed by atoms with Gasteiger partial charge in [-0.3, -0.25) is 4.79 Å². The molecule has 0 heterocycles. The monoisotopic (exact) mass is 236 g/mol. The van der Waals surface area contributed by atoms with Gasteiger partial charge in [0, 0.05) is 0 Å². The quantitative estimate of drug-likeness (QED) is 0.751. The third-order valence-corrected chi connectivity index (χ3v) is 3.42. The maximum Gasteiger partial charge on any atom is 0.308 e. The number of aryl methyl sites for hydroxylation is 2. The Hall–Kier alpha value is -1.38. The minimum atomic E-state index is -0.139. The minimum Gasteiger partial charge on any atom is -0.469 e. The number of carbonyl (C=O) groups is 1. The molecule has 0 aliphatic heterocycles. The van der Waals surface area contributed by atoms with E-state index in [4.69, 9.17) is 0 Å². The average molecular weight is 236 g/mol. The molecular formula is C14H17FO2. The molecule has 0 saturated heterocycles. The van der Waals surface area contributed by atoms with Crippen molar-refractivity contribution in [1.82, 2.24) is 0 Å². The van der Waals surface area contributed by atoms with Crippen LogP contribution >= 0.6 is 0 Å². The van der Waals surface area contributed by atoms with Crippen LogP contribution in [0.15, 0.2) is 18.2 Å². The second-order valence-corrected chi connectivity index (χ2v) is 4.76. The molecule has 1 aliphatic carbocycles. The van der Waals surface area contributed by atoms with E-state index in [0.717, 1.165) is 24.0 Å². The highest BCUT2D eigenvalue weighted by atomic mass is 19.1. The Morgan fingerprint density at radius 2 is 2.29 bits per heavy atom. The van der Waals surface area contributed by atoms with Crippen molar-refractivity contribution in [3.05, 3.63) is 35.1 Å². The van der Waals surface area contributed by atoms with Gasteiger partial charge in [0.15, 0.2) is 0 Å². The molecule has 2 nitrogen and oxygen atoms in total. The molecule has 1 saturated carbocycles.